The van der Waals surface area contributed by atoms with Crippen molar-refractivity contribution in [2.75, 3.05) is 0 Å². The van der Waals surface area contributed by atoms with Crippen LogP contribution in [0.4, 0.5) is 0 Å². The molecule has 1 heteroatoms. The van der Waals surface area contributed by atoms with Crippen LogP contribution in [-0.2, 0) is 0 Å². The maximum atomic E-state index is 3.33. The Kier molecular flexibility index (Phi) is 2.78. The van der Waals surface area contributed by atoms with Crippen LogP contribution >= 0.6 is 7.92 Å². The normalized spacial score (nSPS) is 15.8. The average Bonchev–Trinajstić information content (AvgIpc) is 3.04. The van der Waals surface area contributed by atoms with Crippen molar-refractivity contribution in [2.24, 2.45) is 0 Å². The second kappa shape index (κ2) is 4.58. The summed E-state index contributed by atoms with van der Waals surface area (Å²) in [5.74, 6) is 0. The molecule has 2 aliphatic rings. The number of allylic oxidation sites excluding steroid dienone is 6. The zero-order valence-corrected chi connectivity index (χ0v) is 10.2. The van der Waals surface area contributed by atoms with Crippen molar-refractivity contribution in [1.82, 2.24) is 0 Å². The van der Waals surface area contributed by atoms with Gasteiger partial charge in [0.1, 0.15) is 0 Å². The predicted octanol–water partition coefficient (Wildman–Crippen LogP) is 4.01. The quantitative estimate of drug-likeness (QED) is 0.547. The van der Waals surface area contributed by atoms with Crippen molar-refractivity contribution >= 4 is 13.2 Å². The van der Waals surface area contributed by atoms with Crippen LogP contribution < -0.4 is 5.30 Å². The van der Waals surface area contributed by atoms with Gasteiger partial charge in [-0.25, -0.2) is 0 Å². The first-order chi connectivity index (χ1) is 8.45. The van der Waals surface area contributed by atoms with E-state index in [0.29, 0.717) is 0 Å². The van der Waals surface area contributed by atoms with Crippen LogP contribution in [0.15, 0.2) is 88.9 Å². The molecule has 0 atom stereocenters. The third-order valence-corrected chi connectivity index (χ3v) is 4.99. The molecule has 0 heterocycles. The van der Waals surface area contributed by atoms with Crippen LogP contribution in [0.5, 0.6) is 0 Å². The summed E-state index contributed by atoms with van der Waals surface area (Å²) < 4.78 is 0. The van der Waals surface area contributed by atoms with E-state index >= 15 is 0 Å². The predicted molar refractivity (Wildman–Crippen MR) is 74.5 cm³/mol. The van der Waals surface area contributed by atoms with Gasteiger partial charge in [0, 0.05) is 18.5 Å². The highest BCUT2D eigenvalue weighted by Gasteiger charge is 2.19. The molecule has 0 nitrogen and oxygen atoms in total. The van der Waals surface area contributed by atoms with Gasteiger partial charge in [-0.1, -0.05) is 42.5 Å². The van der Waals surface area contributed by atoms with E-state index in [-0.39, 0.29) is 0 Å². The molecule has 0 unspecified atom stereocenters. The summed E-state index contributed by atoms with van der Waals surface area (Å²) in [6.07, 6.45) is 12.4. The molecule has 2 aliphatic carbocycles. The number of hydrogen-bond donors (Lipinski definition) is 0. The van der Waals surface area contributed by atoms with Gasteiger partial charge in [0.2, 0.25) is 0 Å². The van der Waals surface area contributed by atoms with Crippen molar-refractivity contribution < 1.29 is 0 Å². The van der Waals surface area contributed by atoms with Gasteiger partial charge in [-0.2, -0.15) is 0 Å². The molecular formula is C16H11P. The van der Waals surface area contributed by atoms with E-state index < -0.39 is 7.92 Å². The Morgan fingerprint density at radius 3 is 1.82 bits per heavy atom. The lowest BCUT2D eigenvalue weighted by Gasteiger charge is -2.16. The highest BCUT2D eigenvalue weighted by Crippen LogP contribution is 2.52. The molecule has 0 N–H and O–H groups in total. The Morgan fingerprint density at radius 2 is 1.35 bits per heavy atom. The summed E-state index contributed by atoms with van der Waals surface area (Å²) in [5, 5.41) is 3.90. The second-order valence-corrected chi connectivity index (χ2v) is 5.93. The molecule has 1 aromatic rings. The number of rotatable bonds is 3. The lowest BCUT2D eigenvalue weighted by molar-refractivity contribution is 1.76. The fourth-order valence-electron chi connectivity index (χ4n) is 1.90. The summed E-state index contributed by atoms with van der Waals surface area (Å²) in [6.45, 7) is 0. The largest absolute Gasteiger partial charge is 0.112 e. The summed E-state index contributed by atoms with van der Waals surface area (Å²) in [7, 11) is -0.483. The van der Waals surface area contributed by atoms with E-state index in [1.807, 2.05) is 12.2 Å². The second-order valence-electron chi connectivity index (χ2n) is 3.78. The monoisotopic (exact) mass is 234 g/mol. The third kappa shape index (κ3) is 2.03. The van der Waals surface area contributed by atoms with Crippen molar-refractivity contribution in [3.63, 3.8) is 0 Å². The minimum Gasteiger partial charge on any atom is -0.112 e. The minimum atomic E-state index is -0.483. The Morgan fingerprint density at radius 1 is 0.765 bits per heavy atom. The van der Waals surface area contributed by atoms with E-state index in [4.69, 9.17) is 0 Å². The lowest BCUT2D eigenvalue weighted by atomic mass is 10.4. The van der Waals surface area contributed by atoms with Crippen molar-refractivity contribution in [3.05, 3.63) is 88.9 Å². The maximum absolute atomic E-state index is 3.33. The first-order valence-corrected chi connectivity index (χ1v) is 6.91. The van der Waals surface area contributed by atoms with Crippen LogP contribution in [0.25, 0.3) is 0 Å². The molecule has 0 radical (unpaired) electrons. The molecule has 3 rings (SSSR count). The molecule has 0 saturated heterocycles. The van der Waals surface area contributed by atoms with Gasteiger partial charge in [0.15, 0.2) is 0 Å². The average molecular weight is 234 g/mol. The van der Waals surface area contributed by atoms with E-state index in [1.54, 1.807) is 0 Å². The molecule has 0 aromatic heterocycles. The zero-order chi connectivity index (χ0) is 11.5. The van der Waals surface area contributed by atoms with Gasteiger partial charge >= 0.3 is 0 Å². The molecule has 0 aliphatic heterocycles. The molecule has 0 amide bonds. The van der Waals surface area contributed by atoms with Gasteiger partial charge in [-0.3, -0.25) is 0 Å². The smallest absolute Gasteiger partial charge is 0.0271 e. The lowest BCUT2D eigenvalue weighted by Crippen LogP contribution is -2.00. The summed E-state index contributed by atoms with van der Waals surface area (Å²) in [4.78, 5) is 0. The zero-order valence-electron chi connectivity index (χ0n) is 9.30. The summed E-state index contributed by atoms with van der Waals surface area (Å²) in [6, 6.07) is 10.6. The molecule has 0 spiro atoms. The molecule has 80 valence electrons. The summed E-state index contributed by atoms with van der Waals surface area (Å²) >= 11 is 0. The first kappa shape index (κ1) is 10.3. The van der Waals surface area contributed by atoms with E-state index in [1.165, 1.54) is 15.9 Å². The molecule has 1 aromatic carbocycles. The van der Waals surface area contributed by atoms with Crippen LogP contribution in [0.3, 0.4) is 0 Å². The minimum absolute atomic E-state index is 0.483. The van der Waals surface area contributed by atoms with Crippen LogP contribution in [-0.4, -0.2) is 0 Å². The van der Waals surface area contributed by atoms with Crippen molar-refractivity contribution in [3.8, 4) is 0 Å². The van der Waals surface area contributed by atoms with Crippen LogP contribution in [0.2, 0.25) is 0 Å². The topological polar surface area (TPSA) is 0 Å². The van der Waals surface area contributed by atoms with Crippen LogP contribution in [0.1, 0.15) is 0 Å². The van der Waals surface area contributed by atoms with Gasteiger partial charge < -0.3 is 0 Å². The molecule has 17 heavy (non-hydrogen) atoms. The molecule has 0 fully saturated rings. The van der Waals surface area contributed by atoms with Gasteiger partial charge in [0.05, 0.1) is 0 Å². The van der Waals surface area contributed by atoms with Crippen molar-refractivity contribution in [1.29, 1.82) is 0 Å². The standard InChI is InChI=1S/C16H11P/c1-2-8-14(9-3-1)17(15-10-4-5-11-15)16-12-6-7-13-16/h1-10,12H. The van der Waals surface area contributed by atoms with E-state index in [0.717, 1.165) is 0 Å². The van der Waals surface area contributed by atoms with Gasteiger partial charge in [-0.15, -0.1) is 11.5 Å². The SMILES string of the molecule is C1=CC=CC=1P(C1=C=CC=C1)c1ccccc1. The molecule has 0 saturated carbocycles. The maximum Gasteiger partial charge on any atom is 0.0271 e. The number of hydrogen-bond acceptors (Lipinski definition) is 0. The first-order valence-electron chi connectivity index (χ1n) is 5.57. The Balaban J connectivity index is 2.09. The molecular weight excluding hydrogens is 223 g/mol. The Hall–Kier alpha value is -1.83. The fourth-order valence-corrected chi connectivity index (χ4v) is 4.07. The highest BCUT2D eigenvalue weighted by atomic mass is 31.1. The number of benzene rings is 1. The third-order valence-electron chi connectivity index (χ3n) is 2.66. The van der Waals surface area contributed by atoms with E-state index in [9.17, 15) is 0 Å². The van der Waals surface area contributed by atoms with Gasteiger partial charge in [0.25, 0.3) is 0 Å². The van der Waals surface area contributed by atoms with E-state index in [2.05, 4.69) is 66.1 Å². The Bertz CT molecular complexity index is 579. The van der Waals surface area contributed by atoms with Crippen molar-refractivity contribution in [2.45, 2.75) is 0 Å². The van der Waals surface area contributed by atoms with Crippen LogP contribution in [0, 0.1) is 0 Å². The molecule has 0 bridgehead atoms. The highest BCUT2D eigenvalue weighted by molar-refractivity contribution is 7.74. The Labute approximate surface area is 102 Å². The fraction of sp³-hybridized carbons (Fsp3) is 0. The van der Waals surface area contributed by atoms with Gasteiger partial charge in [-0.05, 0) is 29.6 Å². The summed E-state index contributed by atoms with van der Waals surface area (Å²) in [5.41, 5.74) is 6.67.